The standard InChI is InChI=1S/C13H13ClFNO3/c14-9-2-1-3-10(15)11(9)12(17)16-8-5-4-7(6-8)13(18)19/h1-3,7-8H,4-6H2,(H,16,17)(H,18,19). The molecule has 0 heterocycles. The second-order valence-electron chi connectivity index (χ2n) is 4.62. The summed E-state index contributed by atoms with van der Waals surface area (Å²) >= 11 is 5.79. The zero-order chi connectivity index (χ0) is 14.0. The fourth-order valence-corrected chi connectivity index (χ4v) is 2.56. The summed E-state index contributed by atoms with van der Waals surface area (Å²) < 4.78 is 13.5. The lowest BCUT2D eigenvalue weighted by Crippen LogP contribution is -2.34. The summed E-state index contributed by atoms with van der Waals surface area (Å²) in [5, 5.41) is 11.6. The van der Waals surface area contributed by atoms with E-state index >= 15 is 0 Å². The number of hydrogen-bond donors (Lipinski definition) is 2. The van der Waals surface area contributed by atoms with Gasteiger partial charge in [-0.1, -0.05) is 17.7 Å². The highest BCUT2D eigenvalue weighted by Crippen LogP contribution is 2.26. The maximum absolute atomic E-state index is 13.5. The van der Waals surface area contributed by atoms with E-state index in [1.165, 1.54) is 12.1 Å². The van der Waals surface area contributed by atoms with Crippen LogP contribution in [0.2, 0.25) is 5.02 Å². The van der Waals surface area contributed by atoms with Gasteiger partial charge in [-0.25, -0.2) is 4.39 Å². The van der Waals surface area contributed by atoms with Crippen molar-refractivity contribution in [2.75, 3.05) is 0 Å². The quantitative estimate of drug-likeness (QED) is 0.896. The molecule has 1 saturated carbocycles. The minimum Gasteiger partial charge on any atom is -0.481 e. The van der Waals surface area contributed by atoms with Crippen molar-refractivity contribution in [3.63, 3.8) is 0 Å². The second kappa shape index (κ2) is 5.57. The van der Waals surface area contributed by atoms with Gasteiger partial charge in [0.25, 0.3) is 5.91 Å². The second-order valence-corrected chi connectivity index (χ2v) is 5.02. The Hall–Kier alpha value is -1.62. The lowest BCUT2D eigenvalue weighted by Gasteiger charge is -2.13. The Bertz CT molecular complexity index is 500. The van der Waals surface area contributed by atoms with Crippen LogP contribution in [0.3, 0.4) is 0 Å². The van der Waals surface area contributed by atoms with Crippen LogP contribution in [-0.4, -0.2) is 23.0 Å². The maximum Gasteiger partial charge on any atom is 0.306 e. The number of amides is 1. The minimum absolute atomic E-state index is 0.0466. The van der Waals surface area contributed by atoms with E-state index in [-0.39, 0.29) is 16.6 Å². The van der Waals surface area contributed by atoms with Crippen molar-refractivity contribution in [2.45, 2.75) is 25.3 Å². The van der Waals surface area contributed by atoms with E-state index in [4.69, 9.17) is 16.7 Å². The van der Waals surface area contributed by atoms with Crippen LogP contribution in [0.1, 0.15) is 29.6 Å². The first kappa shape index (κ1) is 13.8. The number of carbonyl (C=O) groups is 2. The summed E-state index contributed by atoms with van der Waals surface area (Å²) in [5.41, 5.74) is -0.192. The number of benzene rings is 1. The van der Waals surface area contributed by atoms with Gasteiger partial charge in [0.05, 0.1) is 16.5 Å². The van der Waals surface area contributed by atoms with Crippen molar-refractivity contribution < 1.29 is 19.1 Å². The van der Waals surface area contributed by atoms with Gasteiger partial charge in [0.2, 0.25) is 0 Å². The van der Waals surface area contributed by atoms with Crippen LogP contribution in [-0.2, 0) is 4.79 Å². The third kappa shape index (κ3) is 3.04. The van der Waals surface area contributed by atoms with E-state index in [0.29, 0.717) is 19.3 Å². The number of carboxylic acid groups (broad SMARTS) is 1. The van der Waals surface area contributed by atoms with Crippen LogP contribution in [0.4, 0.5) is 4.39 Å². The van der Waals surface area contributed by atoms with E-state index in [0.717, 1.165) is 6.07 Å². The Labute approximate surface area is 114 Å². The third-order valence-corrected chi connectivity index (χ3v) is 3.62. The van der Waals surface area contributed by atoms with Crippen molar-refractivity contribution in [1.29, 1.82) is 0 Å². The molecule has 6 heteroatoms. The van der Waals surface area contributed by atoms with Gasteiger partial charge in [-0.3, -0.25) is 9.59 Å². The molecule has 1 aromatic carbocycles. The number of nitrogens with one attached hydrogen (secondary N) is 1. The highest BCUT2D eigenvalue weighted by atomic mass is 35.5. The first-order chi connectivity index (χ1) is 8.99. The fraction of sp³-hybridized carbons (Fsp3) is 0.385. The molecule has 0 bridgehead atoms. The third-order valence-electron chi connectivity index (χ3n) is 3.31. The monoisotopic (exact) mass is 285 g/mol. The van der Waals surface area contributed by atoms with Gasteiger partial charge in [0.1, 0.15) is 5.82 Å². The zero-order valence-electron chi connectivity index (χ0n) is 10.0. The van der Waals surface area contributed by atoms with E-state index in [1.54, 1.807) is 0 Å². The molecular formula is C13H13ClFNO3. The number of hydrogen-bond acceptors (Lipinski definition) is 2. The number of carbonyl (C=O) groups excluding carboxylic acids is 1. The van der Waals surface area contributed by atoms with E-state index in [9.17, 15) is 14.0 Å². The number of halogens is 2. The summed E-state index contributed by atoms with van der Waals surface area (Å²) in [6.45, 7) is 0. The van der Waals surface area contributed by atoms with Crippen LogP contribution in [0, 0.1) is 11.7 Å². The maximum atomic E-state index is 13.5. The average molecular weight is 286 g/mol. The number of carboxylic acids is 1. The summed E-state index contributed by atoms with van der Waals surface area (Å²) in [5.74, 6) is -2.58. The molecule has 4 nitrogen and oxygen atoms in total. The molecule has 1 aliphatic carbocycles. The van der Waals surface area contributed by atoms with Crippen molar-refractivity contribution in [3.8, 4) is 0 Å². The highest BCUT2D eigenvalue weighted by molar-refractivity contribution is 6.33. The lowest BCUT2D eigenvalue weighted by atomic mass is 10.1. The summed E-state index contributed by atoms with van der Waals surface area (Å²) in [6.07, 6.45) is 1.47. The molecule has 19 heavy (non-hydrogen) atoms. The molecule has 1 fully saturated rings. The van der Waals surface area contributed by atoms with Crippen molar-refractivity contribution >= 4 is 23.5 Å². The van der Waals surface area contributed by atoms with E-state index in [1.807, 2.05) is 0 Å². The van der Waals surface area contributed by atoms with Crippen LogP contribution < -0.4 is 5.32 Å². The molecule has 1 aliphatic rings. The fourth-order valence-electron chi connectivity index (χ4n) is 2.31. The largest absolute Gasteiger partial charge is 0.481 e. The molecule has 0 spiro atoms. The van der Waals surface area contributed by atoms with Crippen molar-refractivity contribution in [1.82, 2.24) is 5.32 Å². The highest BCUT2D eigenvalue weighted by Gasteiger charge is 2.31. The average Bonchev–Trinajstić information content (AvgIpc) is 2.77. The first-order valence-corrected chi connectivity index (χ1v) is 6.34. The van der Waals surface area contributed by atoms with Gasteiger partial charge in [-0.05, 0) is 31.4 Å². The zero-order valence-corrected chi connectivity index (χ0v) is 10.8. The smallest absolute Gasteiger partial charge is 0.306 e. The Balaban J connectivity index is 2.05. The molecule has 1 aromatic rings. The normalized spacial score (nSPS) is 22.2. The molecular weight excluding hydrogens is 273 g/mol. The van der Waals surface area contributed by atoms with Gasteiger partial charge < -0.3 is 10.4 Å². The predicted octanol–water partition coefficient (Wildman–Crippen LogP) is 2.46. The van der Waals surface area contributed by atoms with Crippen LogP contribution in [0.15, 0.2) is 18.2 Å². The van der Waals surface area contributed by atoms with Crippen molar-refractivity contribution in [3.05, 3.63) is 34.6 Å². The topological polar surface area (TPSA) is 66.4 Å². The molecule has 2 unspecified atom stereocenters. The SMILES string of the molecule is O=C(NC1CCC(C(=O)O)C1)c1c(F)cccc1Cl. The van der Waals surface area contributed by atoms with Gasteiger partial charge in [0, 0.05) is 6.04 Å². The number of rotatable bonds is 3. The molecule has 2 N–H and O–H groups in total. The Morgan fingerprint density at radius 3 is 2.68 bits per heavy atom. The van der Waals surface area contributed by atoms with Crippen molar-refractivity contribution in [2.24, 2.45) is 5.92 Å². The first-order valence-electron chi connectivity index (χ1n) is 5.96. The Morgan fingerprint density at radius 1 is 1.37 bits per heavy atom. The molecule has 2 atom stereocenters. The molecule has 1 amide bonds. The van der Waals surface area contributed by atoms with E-state index < -0.39 is 23.6 Å². The van der Waals surface area contributed by atoms with Gasteiger partial charge in [0.15, 0.2) is 0 Å². The van der Waals surface area contributed by atoms with Gasteiger partial charge in [-0.15, -0.1) is 0 Å². The molecule has 102 valence electrons. The van der Waals surface area contributed by atoms with E-state index in [2.05, 4.69) is 5.32 Å². The van der Waals surface area contributed by atoms with Gasteiger partial charge >= 0.3 is 5.97 Å². The molecule has 0 aliphatic heterocycles. The van der Waals surface area contributed by atoms with Crippen LogP contribution in [0.5, 0.6) is 0 Å². The number of aliphatic carboxylic acids is 1. The predicted molar refractivity (Wildman–Crippen MR) is 67.6 cm³/mol. The Kier molecular flexibility index (Phi) is 4.04. The molecule has 0 saturated heterocycles. The summed E-state index contributed by atoms with van der Waals surface area (Å²) in [4.78, 5) is 22.8. The Morgan fingerprint density at radius 2 is 2.11 bits per heavy atom. The lowest BCUT2D eigenvalue weighted by molar-refractivity contribution is -0.141. The van der Waals surface area contributed by atoms with Crippen LogP contribution >= 0.6 is 11.6 Å². The summed E-state index contributed by atoms with van der Waals surface area (Å²) in [7, 11) is 0. The molecule has 0 aromatic heterocycles. The van der Waals surface area contributed by atoms with Gasteiger partial charge in [-0.2, -0.15) is 0 Å². The van der Waals surface area contributed by atoms with Crippen LogP contribution in [0.25, 0.3) is 0 Å². The molecule has 0 radical (unpaired) electrons. The summed E-state index contributed by atoms with van der Waals surface area (Å²) in [6, 6.07) is 3.78. The minimum atomic E-state index is -0.860. The molecule has 2 rings (SSSR count).